The van der Waals surface area contributed by atoms with E-state index in [9.17, 15) is 9.59 Å². The van der Waals surface area contributed by atoms with Gasteiger partial charge in [-0.1, -0.05) is 30.0 Å². The lowest BCUT2D eigenvalue weighted by atomic mass is 10.1. The predicted octanol–water partition coefficient (Wildman–Crippen LogP) is 4.72. The zero-order chi connectivity index (χ0) is 23.9. The van der Waals surface area contributed by atoms with Crippen LogP contribution in [0.15, 0.2) is 78.0 Å². The summed E-state index contributed by atoms with van der Waals surface area (Å²) in [6.07, 6.45) is 0. The molecule has 0 bridgehead atoms. The van der Waals surface area contributed by atoms with Crippen molar-refractivity contribution >= 4 is 29.1 Å². The lowest BCUT2D eigenvalue weighted by molar-refractivity contribution is 0.101. The average molecular weight is 475 g/mol. The summed E-state index contributed by atoms with van der Waals surface area (Å²) in [6, 6.07) is 21.1. The van der Waals surface area contributed by atoms with E-state index in [1.165, 1.54) is 11.8 Å². The minimum atomic E-state index is -0.205. The number of nitrogens with one attached hydrogen (secondary N) is 2. The Balaban J connectivity index is 1.35. The predicted molar refractivity (Wildman–Crippen MR) is 131 cm³/mol. The van der Waals surface area contributed by atoms with E-state index in [0.717, 1.165) is 5.56 Å². The van der Waals surface area contributed by atoms with E-state index < -0.39 is 0 Å². The number of methoxy groups -OCH3 is 2. The molecule has 2 N–H and O–H groups in total. The number of aromatic amines is 1. The van der Waals surface area contributed by atoms with Gasteiger partial charge >= 0.3 is 0 Å². The maximum absolute atomic E-state index is 12.6. The number of amides is 1. The molecule has 172 valence electrons. The molecule has 0 aliphatic carbocycles. The van der Waals surface area contributed by atoms with E-state index in [2.05, 4.69) is 20.5 Å². The molecule has 4 aromatic rings. The van der Waals surface area contributed by atoms with Gasteiger partial charge in [-0.2, -0.15) is 0 Å². The Labute approximate surface area is 200 Å². The number of rotatable bonds is 9. The van der Waals surface area contributed by atoms with Gasteiger partial charge in [-0.05, 0) is 48.5 Å². The van der Waals surface area contributed by atoms with Crippen molar-refractivity contribution in [3.8, 4) is 22.9 Å². The Morgan fingerprint density at radius 1 is 0.941 bits per heavy atom. The molecular formula is C25H22N4O4S. The van der Waals surface area contributed by atoms with Gasteiger partial charge in [0.15, 0.2) is 11.6 Å². The van der Waals surface area contributed by atoms with Crippen LogP contribution in [0.4, 0.5) is 5.69 Å². The molecule has 0 atom stereocenters. The number of aromatic nitrogens is 3. The van der Waals surface area contributed by atoms with Crippen LogP contribution in [-0.4, -0.2) is 46.8 Å². The van der Waals surface area contributed by atoms with Crippen LogP contribution in [0.3, 0.4) is 0 Å². The van der Waals surface area contributed by atoms with Gasteiger partial charge in [0, 0.05) is 22.9 Å². The summed E-state index contributed by atoms with van der Waals surface area (Å²) < 4.78 is 10.6. The molecule has 8 nitrogen and oxygen atoms in total. The molecule has 0 saturated carbocycles. The smallest absolute Gasteiger partial charge is 0.255 e. The Morgan fingerprint density at radius 2 is 1.71 bits per heavy atom. The summed E-state index contributed by atoms with van der Waals surface area (Å²) in [6.45, 7) is 0. The van der Waals surface area contributed by atoms with Crippen LogP contribution in [0.25, 0.3) is 11.4 Å². The lowest BCUT2D eigenvalue weighted by Gasteiger charge is -2.07. The third kappa shape index (κ3) is 5.44. The standard InChI is InChI=1S/C25H22N4O4S/c1-32-19-12-13-20(22(14-19)33-2)23-27-25(29-28-23)34-15-21(30)16-8-10-18(11-9-16)26-24(31)17-6-4-3-5-7-17/h3-14H,15H2,1-2H3,(H,26,31)(H,27,28,29). The molecule has 0 unspecified atom stereocenters. The molecule has 0 spiro atoms. The maximum atomic E-state index is 12.6. The van der Waals surface area contributed by atoms with E-state index in [-0.39, 0.29) is 17.4 Å². The monoisotopic (exact) mass is 474 g/mol. The van der Waals surface area contributed by atoms with Crippen LogP contribution in [0.2, 0.25) is 0 Å². The van der Waals surface area contributed by atoms with Crippen LogP contribution in [-0.2, 0) is 0 Å². The molecule has 0 aliphatic rings. The highest BCUT2D eigenvalue weighted by molar-refractivity contribution is 7.99. The molecule has 1 aromatic heterocycles. The first-order chi connectivity index (χ1) is 16.6. The van der Waals surface area contributed by atoms with E-state index in [0.29, 0.717) is 39.3 Å². The highest BCUT2D eigenvalue weighted by Crippen LogP contribution is 2.32. The number of carbonyl (C=O) groups is 2. The van der Waals surface area contributed by atoms with Crippen molar-refractivity contribution in [1.82, 2.24) is 15.2 Å². The first-order valence-electron chi connectivity index (χ1n) is 10.3. The topological polar surface area (TPSA) is 106 Å². The van der Waals surface area contributed by atoms with Crippen molar-refractivity contribution < 1.29 is 19.1 Å². The van der Waals surface area contributed by atoms with Gasteiger partial charge in [-0.25, -0.2) is 4.98 Å². The first kappa shape index (κ1) is 23.1. The van der Waals surface area contributed by atoms with Crippen molar-refractivity contribution in [2.45, 2.75) is 5.16 Å². The average Bonchev–Trinajstić information content (AvgIpc) is 3.36. The van der Waals surface area contributed by atoms with Gasteiger partial charge in [-0.3, -0.25) is 14.7 Å². The largest absolute Gasteiger partial charge is 0.497 e. The Bertz CT molecular complexity index is 1290. The number of benzene rings is 3. The van der Waals surface area contributed by atoms with Crippen LogP contribution < -0.4 is 14.8 Å². The molecule has 9 heteroatoms. The van der Waals surface area contributed by atoms with Crippen molar-refractivity contribution in [3.05, 3.63) is 83.9 Å². The number of Topliss-reactive ketones (excluding diaryl/α,β-unsaturated/α-hetero) is 1. The molecule has 4 rings (SSSR count). The van der Waals surface area contributed by atoms with E-state index in [1.54, 1.807) is 68.8 Å². The van der Waals surface area contributed by atoms with Crippen LogP contribution in [0.5, 0.6) is 11.5 Å². The number of anilines is 1. The molecule has 1 heterocycles. The van der Waals surface area contributed by atoms with Crippen molar-refractivity contribution in [2.75, 3.05) is 25.3 Å². The molecule has 0 fully saturated rings. The minimum Gasteiger partial charge on any atom is -0.497 e. The third-order valence-corrected chi connectivity index (χ3v) is 5.81. The summed E-state index contributed by atoms with van der Waals surface area (Å²) in [7, 11) is 3.16. The summed E-state index contributed by atoms with van der Waals surface area (Å²) >= 11 is 1.23. The highest BCUT2D eigenvalue weighted by Gasteiger charge is 2.14. The number of carbonyl (C=O) groups excluding carboxylic acids is 2. The van der Waals surface area contributed by atoms with Gasteiger partial charge in [0.1, 0.15) is 11.5 Å². The highest BCUT2D eigenvalue weighted by atomic mass is 32.2. The number of ketones is 1. The number of thioether (sulfide) groups is 1. The van der Waals surface area contributed by atoms with Crippen molar-refractivity contribution in [1.29, 1.82) is 0 Å². The second-order valence-electron chi connectivity index (χ2n) is 7.14. The Hall–Kier alpha value is -4.11. The fourth-order valence-corrected chi connectivity index (χ4v) is 3.86. The number of hydrogen-bond acceptors (Lipinski definition) is 7. The third-order valence-electron chi connectivity index (χ3n) is 4.96. The fraction of sp³-hybridized carbons (Fsp3) is 0.120. The molecule has 3 aromatic carbocycles. The lowest BCUT2D eigenvalue weighted by Crippen LogP contribution is -2.11. The molecule has 0 radical (unpaired) electrons. The number of ether oxygens (including phenoxy) is 2. The van der Waals surface area contributed by atoms with Crippen LogP contribution in [0.1, 0.15) is 20.7 Å². The quantitative estimate of drug-likeness (QED) is 0.267. The second-order valence-corrected chi connectivity index (χ2v) is 8.08. The normalized spacial score (nSPS) is 10.5. The zero-order valence-electron chi connectivity index (χ0n) is 18.6. The molecular weight excluding hydrogens is 452 g/mol. The minimum absolute atomic E-state index is 0.0701. The first-order valence-corrected chi connectivity index (χ1v) is 11.3. The van der Waals surface area contributed by atoms with Crippen molar-refractivity contribution in [2.24, 2.45) is 0 Å². The van der Waals surface area contributed by atoms with Crippen molar-refractivity contribution in [3.63, 3.8) is 0 Å². The number of H-pyrrole nitrogens is 1. The maximum Gasteiger partial charge on any atom is 0.255 e. The summed E-state index contributed by atoms with van der Waals surface area (Å²) in [5.74, 6) is 1.71. The molecule has 34 heavy (non-hydrogen) atoms. The molecule has 1 amide bonds. The van der Waals surface area contributed by atoms with E-state index >= 15 is 0 Å². The number of nitrogens with zero attached hydrogens (tertiary/aromatic N) is 2. The van der Waals surface area contributed by atoms with Gasteiger partial charge in [0.05, 0.1) is 25.5 Å². The Kier molecular flexibility index (Phi) is 7.24. The van der Waals surface area contributed by atoms with Gasteiger partial charge < -0.3 is 14.8 Å². The van der Waals surface area contributed by atoms with Crippen LogP contribution in [0, 0.1) is 0 Å². The molecule has 0 aliphatic heterocycles. The number of hydrogen-bond donors (Lipinski definition) is 2. The summed E-state index contributed by atoms with van der Waals surface area (Å²) in [4.78, 5) is 29.3. The zero-order valence-corrected chi connectivity index (χ0v) is 19.4. The van der Waals surface area contributed by atoms with Gasteiger partial charge in [0.2, 0.25) is 5.16 Å². The van der Waals surface area contributed by atoms with Crippen LogP contribution >= 0.6 is 11.8 Å². The summed E-state index contributed by atoms with van der Waals surface area (Å²) in [5, 5.41) is 10.3. The van der Waals surface area contributed by atoms with Gasteiger partial charge in [-0.15, -0.1) is 5.10 Å². The fourth-order valence-electron chi connectivity index (χ4n) is 3.17. The molecule has 0 saturated heterocycles. The van der Waals surface area contributed by atoms with E-state index in [4.69, 9.17) is 9.47 Å². The van der Waals surface area contributed by atoms with E-state index in [1.807, 2.05) is 18.2 Å². The SMILES string of the molecule is COc1ccc(-c2nc(SCC(=O)c3ccc(NC(=O)c4ccccc4)cc3)n[nH]2)c(OC)c1. The second kappa shape index (κ2) is 10.7. The van der Waals surface area contributed by atoms with Gasteiger partial charge in [0.25, 0.3) is 5.91 Å². The summed E-state index contributed by atoms with van der Waals surface area (Å²) in [5.41, 5.74) is 2.46. The Morgan fingerprint density at radius 3 is 2.41 bits per heavy atom.